The molecule has 2 aromatic rings. The largest absolute Gasteiger partial charge is 0.493 e. The maximum atomic E-state index is 5.94. The second-order valence-electron chi connectivity index (χ2n) is 6.01. The Kier molecular flexibility index (Phi) is 8.78. The fourth-order valence-corrected chi connectivity index (χ4v) is 2.45. The number of allylic oxidation sites excluding steroid dienone is 1. The molecule has 0 aliphatic heterocycles. The first kappa shape index (κ1) is 21.2. The molecule has 0 aliphatic carbocycles. The van der Waals surface area contributed by atoms with Crippen LogP contribution in [0.5, 0.6) is 17.2 Å². The zero-order valence-corrected chi connectivity index (χ0v) is 16.8. The van der Waals surface area contributed by atoms with Gasteiger partial charge in [-0.1, -0.05) is 17.3 Å². The monoisotopic (exact) mass is 385 g/mol. The van der Waals surface area contributed by atoms with E-state index in [2.05, 4.69) is 20.0 Å². The van der Waals surface area contributed by atoms with Gasteiger partial charge < -0.3 is 19.0 Å². The molecule has 1 aromatic heterocycles. The Morgan fingerprint density at radius 1 is 0.964 bits per heavy atom. The molecule has 0 radical (unpaired) electrons. The molecule has 2 rings (SSSR count). The molecule has 0 aliphatic rings. The maximum absolute atomic E-state index is 5.94. The van der Waals surface area contributed by atoms with E-state index in [-0.39, 0.29) is 0 Å². The molecule has 1 aromatic carbocycles. The molecule has 0 saturated carbocycles. The van der Waals surface area contributed by atoms with Crippen LogP contribution < -0.4 is 14.2 Å². The van der Waals surface area contributed by atoms with E-state index < -0.39 is 0 Å². The summed E-state index contributed by atoms with van der Waals surface area (Å²) in [6.07, 6.45) is 9.32. The Bertz CT molecular complexity index is 766. The third-order valence-electron chi connectivity index (χ3n) is 3.74. The Morgan fingerprint density at radius 2 is 1.64 bits per heavy atom. The van der Waals surface area contributed by atoms with Gasteiger partial charge in [0.2, 0.25) is 0 Å². The van der Waals surface area contributed by atoms with E-state index in [1.807, 2.05) is 45.1 Å². The van der Waals surface area contributed by atoms with E-state index in [9.17, 15) is 0 Å². The lowest BCUT2D eigenvalue weighted by Crippen LogP contribution is -2.07. The molecular formula is C21H27N3O4. The highest BCUT2D eigenvalue weighted by Gasteiger charge is 2.07. The van der Waals surface area contributed by atoms with Gasteiger partial charge in [-0.25, -0.2) is 9.97 Å². The second kappa shape index (κ2) is 11.6. The van der Waals surface area contributed by atoms with Crippen LogP contribution in [-0.2, 0) is 4.84 Å². The fraction of sp³-hybridized carbons (Fsp3) is 0.381. The van der Waals surface area contributed by atoms with E-state index in [1.165, 1.54) is 13.3 Å². The van der Waals surface area contributed by atoms with Gasteiger partial charge in [0.1, 0.15) is 31.4 Å². The van der Waals surface area contributed by atoms with Crippen molar-refractivity contribution in [2.75, 3.05) is 26.9 Å². The van der Waals surface area contributed by atoms with Crippen LogP contribution in [0.2, 0.25) is 0 Å². The summed E-state index contributed by atoms with van der Waals surface area (Å²) in [5, 5.41) is 3.61. The van der Waals surface area contributed by atoms with E-state index in [0.717, 1.165) is 29.0 Å². The average Bonchev–Trinajstić information content (AvgIpc) is 2.69. The number of hydrogen-bond donors (Lipinski definition) is 0. The third-order valence-corrected chi connectivity index (χ3v) is 3.74. The summed E-state index contributed by atoms with van der Waals surface area (Å²) < 4.78 is 17.3. The molecule has 0 spiro atoms. The van der Waals surface area contributed by atoms with E-state index in [4.69, 9.17) is 14.2 Å². The van der Waals surface area contributed by atoms with Crippen LogP contribution in [0.15, 0.2) is 41.8 Å². The van der Waals surface area contributed by atoms with Gasteiger partial charge in [-0.2, -0.15) is 0 Å². The minimum atomic E-state index is 0.460. The first-order valence-electron chi connectivity index (χ1n) is 9.13. The lowest BCUT2D eigenvalue weighted by atomic mass is 10.1. The highest BCUT2D eigenvalue weighted by molar-refractivity contribution is 5.73. The van der Waals surface area contributed by atoms with Crippen molar-refractivity contribution in [1.82, 2.24) is 9.97 Å². The molecule has 7 nitrogen and oxygen atoms in total. The standard InChI is InChI=1S/C21H27N3O4/c1-5-6-8-26-18-11-16(2)21(17(3)12-18)28-10-7-9-27-19-13-22-20(23-14-19)15-24-25-4/h5-6,11-15H,7-10H2,1-4H3/b6-5+,24-15+. The molecule has 7 heteroatoms. The zero-order chi connectivity index (χ0) is 20.2. The Labute approximate surface area is 166 Å². The van der Waals surface area contributed by atoms with Crippen molar-refractivity contribution >= 4 is 6.21 Å². The van der Waals surface area contributed by atoms with E-state index in [1.54, 1.807) is 12.4 Å². The summed E-state index contributed by atoms with van der Waals surface area (Å²) in [6.45, 7) is 7.65. The van der Waals surface area contributed by atoms with E-state index >= 15 is 0 Å². The fourth-order valence-electron chi connectivity index (χ4n) is 2.45. The molecule has 0 amide bonds. The zero-order valence-electron chi connectivity index (χ0n) is 16.8. The SMILES string of the molecule is C/C=C/COc1cc(C)c(OCCCOc2cnc(/C=N/OC)nc2)c(C)c1. The van der Waals surface area contributed by atoms with Crippen molar-refractivity contribution in [3.8, 4) is 17.2 Å². The average molecular weight is 385 g/mol. The lowest BCUT2D eigenvalue weighted by molar-refractivity contribution is 0.215. The number of rotatable bonds is 11. The highest BCUT2D eigenvalue weighted by Crippen LogP contribution is 2.28. The molecule has 0 fully saturated rings. The maximum Gasteiger partial charge on any atom is 0.174 e. The summed E-state index contributed by atoms with van der Waals surface area (Å²) >= 11 is 0. The number of hydrogen-bond acceptors (Lipinski definition) is 7. The second-order valence-corrected chi connectivity index (χ2v) is 6.01. The van der Waals surface area contributed by atoms with Crippen molar-refractivity contribution in [3.05, 3.63) is 53.6 Å². The van der Waals surface area contributed by atoms with Gasteiger partial charge in [0.05, 0.1) is 25.6 Å². The number of benzene rings is 1. The van der Waals surface area contributed by atoms with Crippen molar-refractivity contribution in [3.63, 3.8) is 0 Å². The van der Waals surface area contributed by atoms with Crippen molar-refractivity contribution in [1.29, 1.82) is 0 Å². The summed E-state index contributed by atoms with van der Waals surface area (Å²) in [5.41, 5.74) is 2.11. The minimum Gasteiger partial charge on any atom is -0.493 e. The van der Waals surface area contributed by atoms with Gasteiger partial charge >= 0.3 is 0 Å². The van der Waals surface area contributed by atoms with Crippen molar-refractivity contribution in [2.45, 2.75) is 27.2 Å². The van der Waals surface area contributed by atoms with Crippen molar-refractivity contribution in [2.24, 2.45) is 5.16 Å². The first-order valence-corrected chi connectivity index (χ1v) is 9.13. The van der Waals surface area contributed by atoms with Crippen LogP contribution in [0.3, 0.4) is 0 Å². The third kappa shape index (κ3) is 6.90. The Morgan fingerprint density at radius 3 is 2.29 bits per heavy atom. The first-order chi connectivity index (χ1) is 13.6. The molecule has 0 saturated heterocycles. The smallest absolute Gasteiger partial charge is 0.174 e. The minimum absolute atomic E-state index is 0.460. The van der Waals surface area contributed by atoms with Gasteiger partial charge in [0.15, 0.2) is 11.6 Å². The Hall–Kier alpha value is -3.09. The lowest BCUT2D eigenvalue weighted by Gasteiger charge is -2.14. The van der Waals surface area contributed by atoms with Gasteiger partial charge in [-0.3, -0.25) is 0 Å². The Balaban J connectivity index is 1.76. The highest BCUT2D eigenvalue weighted by atomic mass is 16.6. The molecule has 1 heterocycles. The topological polar surface area (TPSA) is 75.1 Å². The quantitative estimate of drug-likeness (QED) is 0.253. The van der Waals surface area contributed by atoms with Crippen LogP contribution in [0.25, 0.3) is 0 Å². The van der Waals surface area contributed by atoms with Gasteiger partial charge in [0.25, 0.3) is 0 Å². The van der Waals surface area contributed by atoms with Crippen LogP contribution in [0.1, 0.15) is 30.3 Å². The molecular weight excluding hydrogens is 358 g/mol. The number of aryl methyl sites for hydroxylation is 2. The van der Waals surface area contributed by atoms with Crippen LogP contribution >= 0.6 is 0 Å². The molecule has 0 N–H and O–H groups in total. The summed E-state index contributed by atoms with van der Waals surface area (Å²) in [7, 11) is 1.46. The molecule has 0 unspecified atom stereocenters. The number of nitrogens with zero attached hydrogens (tertiary/aromatic N) is 3. The predicted molar refractivity (Wildman–Crippen MR) is 108 cm³/mol. The van der Waals surface area contributed by atoms with E-state index in [0.29, 0.717) is 31.4 Å². The van der Waals surface area contributed by atoms with Gasteiger partial charge in [0, 0.05) is 6.42 Å². The molecule has 28 heavy (non-hydrogen) atoms. The normalized spacial score (nSPS) is 11.1. The summed E-state index contributed by atoms with van der Waals surface area (Å²) in [5.74, 6) is 2.80. The number of oxime groups is 1. The summed E-state index contributed by atoms with van der Waals surface area (Å²) in [6, 6.07) is 3.99. The molecule has 150 valence electrons. The van der Waals surface area contributed by atoms with Gasteiger partial charge in [-0.05, 0) is 44.0 Å². The molecule has 0 bridgehead atoms. The van der Waals surface area contributed by atoms with Crippen LogP contribution in [-0.4, -0.2) is 43.1 Å². The van der Waals surface area contributed by atoms with Crippen molar-refractivity contribution < 1.29 is 19.0 Å². The van der Waals surface area contributed by atoms with Gasteiger partial charge in [-0.15, -0.1) is 0 Å². The van der Waals surface area contributed by atoms with Crippen LogP contribution in [0.4, 0.5) is 0 Å². The molecule has 0 atom stereocenters. The summed E-state index contributed by atoms with van der Waals surface area (Å²) in [4.78, 5) is 12.8. The number of ether oxygens (including phenoxy) is 3. The van der Waals surface area contributed by atoms with Crippen LogP contribution in [0, 0.1) is 13.8 Å². The number of aromatic nitrogens is 2. The predicted octanol–water partition coefficient (Wildman–Crippen LogP) is 3.88.